The number of aromatic nitrogens is 2. The fourth-order valence-corrected chi connectivity index (χ4v) is 4.09. The summed E-state index contributed by atoms with van der Waals surface area (Å²) in [4.78, 5) is 19.7. The maximum atomic E-state index is 13.3. The van der Waals surface area contributed by atoms with E-state index in [1.54, 1.807) is 23.3 Å². The first kappa shape index (κ1) is 18.6. The van der Waals surface area contributed by atoms with E-state index >= 15 is 0 Å². The van der Waals surface area contributed by atoms with Crippen LogP contribution in [0.25, 0.3) is 0 Å². The van der Waals surface area contributed by atoms with Crippen molar-refractivity contribution in [3.05, 3.63) is 54.6 Å². The molecular weight excluding hydrogens is 334 g/mol. The average molecular weight is 359 g/mol. The molecular formula is C19H25N3O4. The topological polar surface area (TPSA) is 99.1 Å². The number of piperidine rings is 3. The Labute approximate surface area is 152 Å². The Morgan fingerprint density at radius 3 is 2.54 bits per heavy atom. The maximum absolute atomic E-state index is 13.3. The van der Waals surface area contributed by atoms with Crippen molar-refractivity contribution >= 4 is 5.97 Å². The zero-order chi connectivity index (χ0) is 17.3. The molecule has 140 valence electrons. The third-order valence-electron chi connectivity index (χ3n) is 5.62. The molecule has 4 heterocycles. The molecule has 0 aliphatic carbocycles. The SMILES string of the molecule is O.O=C(OC1CN2CCC1CC2)C(CO)(c1ccccc1)n1ccnc1. The molecule has 2 unspecified atom stereocenters. The first-order valence-electron chi connectivity index (χ1n) is 8.82. The lowest BCUT2D eigenvalue weighted by Crippen LogP contribution is -2.55. The van der Waals surface area contributed by atoms with Crippen molar-refractivity contribution in [3.8, 4) is 0 Å². The number of aliphatic hydroxyl groups is 1. The minimum Gasteiger partial charge on any atom is -0.459 e. The minimum absolute atomic E-state index is 0. The van der Waals surface area contributed by atoms with Crippen LogP contribution in [0.5, 0.6) is 0 Å². The standard InChI is InChI=1S/C19H23N3O3.H2O/c23-13-19(22-11-8-20-14-22,16-4-2-1-3-5-16)18(24)25-17-12-21-9-6-15(17)7-10-21;/h1-5,8,11,14-15,17,23H,6-7,9-10,12-13H2;1H2. The molecule has 7 nitrogen and oxygen atoms in total. The summed E-state index contributed by atoms with van der Waals surface area (Å²) in [6, 6.07) is 9.29. The monoisotopic (exact) mass is 359 g/mol. The van der Waals surface area contributed by atoms with Gasteiger partial charge in [0, 0.05) is 18.9 Å². The zero-order valence-electron chi connectivity index (χ0n) is 14.6. The average Bonchev–Trinajstić information content (AvgIpc) is 3.20. The van der Waals surface area contributed by atoms with Gasteiger partial charge in [0.1, 0.15) is 6.10 Å². The summed E-state index contributed by atoms with van der Waals surface area (Å²) in [5, 5.41) is 10.3. The first-order chi connectivity index (χ1) is 12.2. The van der Waals surface area contributed by atoms with Crippen LogP contribution < -0.4 is 0 Å². The number of rotatable bonds is 5. The van der Waals surface area contributed by atoms with Crippen LogP contribution in [0.15, 0.2) is 49.1 Å². The summed E-state index contributed by atoms with van der Waals surface area (Å²) in [7, 11) is 0. The third-order valence-corrected chi connectivity index (χ3v) is 5.62. The highest BCUT2D eigenvalue weighted by molar-refractivity contribution is 5.83. The highest BCUT2D eigenvalue weighted by atomic mass is 16.5. The van der Waals surface area contributed by atoms with E-state index < -0.39 is 11.5 Å². The highest BCUT2D eigenvalue weighted by Gasteiger charge is 2.46. The van der Waals surface area contributed by atoms with Gasteiger partial charge >= 0.3 is 5.97 Å². The number of fused-ring (bicyclic) bond motifs is 3. The lowest BCUT2D eigenvalue weighted by molar-refractivity contribution is -0.169. The van der Waals surface area contributed by atoms with E-state index in [-0.39, 0.29) is 18.2 Å². The quantitative estimate of drug-likeness (QED) is 0.781. The van der Waals surface area contributed by atoms with Crippen LogP contribution in [0.1, 0.15) is 18.4 Å². The number of aliphatic hydroxyl groups excluding tert-OH is 1. The second-order valence-electron chi connectivity index (χ2n) is 6.94. The van der Waals surface area contributed by atoms with Crippen LogP contribution in [0.2, 0.25) is 0 Å². The van der Waals surface area contributed by atoms with E-state index in [0.717, 1.165) is 32.5 Å². The Bertz CT molecular complexity index is 714. The molecule has 3 aliphatic heterocycles. The van der Waals surface area contributed by atoms with Gasteiger partial charge < -0.3 is 19.9 Å². The van der Waals surface area contributed by atoms with Crippen LogP contribution in [-0.2, 0) is 15.1 Å². The highest BCUT2D eigenvalue weighted by Crippen LogP contribution is 2.33. The van der Waals surface area contributed by atoms with Crippen LogP contribution >= 0.6 is 0 Å². The molecule has 2 atom stereocenters. The number of carbonyl (C=O) groups excluding carboxylic acids is 1. The number of carbonyl (C=O) groups is 1. The van der Waals surface area contributed by atoms with E-state index in [1.165, 1.54) is 0 Å². The predicted octanol–water partition coefficient (Wildman–Crippen LogP) is 0.432. The lowest BCUT2D eigenvalue weighted by atomic mass is 9.85. The van der Waals surface area contributed by atoms with Gasteiger partial charge in [0.25, 0.3) is 0 Å². The van der Waals surface area contributed by atoms with E-state index in [0.29, 0.717) is 11.5 Å². The molecule has 2 bridgehead atoms. The van der Waals surface area contributed by atoms with Crippen molar-refractivity contribution < 1.29 is 20.1 Å². The van der Waals surface area contributed by atoms with Crippen molar-refractivity contribution in [2.24, 2.45) is 5.92 Å². The number of ether oxygens (including phenoxy) is 1. The number of esters is 1. The Hall–Kier alpha value is -2.22. The third kappa shape index (κ3) is 3.02. The number of nitrogens with zero attached hydrogens (tertiary/aromatic N) is 3. The summed E-state index contributed by atoms with van der Waals surface area (Å²) >= 11 is 0. The molecule has 3 aliphatic rings. The van der Waals surface area contributed by atoms with Crippen molar-refractivity contribution in [3.63, 3.8) is 0 Å². The van der Waals surface area contributed by atoms with Crippen LogP contribution in [0, 0.1) is 5.92 Å². The predicted molar refractivity (Wildman–Crippen MR) is 95.5 cm³/mol. The van der Waals surface area contributed by atoms with E-state index in [1.807, 2.05) is 30.3 Å². The summed E-state index contributed by atoms with van der Waals surface area (Å²) < 4.78 is 7.62. The van der Waals surface area contributed by atoms with Crippen molar-refractivity contribution in [1.82, 2.24) is 14.5 Å². The Balaban J connectivity index is 0.00000196. The normalized spacial score (nSPS) is 26.6. The minimum atomic E-state index is -1.30. The molecule has 5 rings (SSSR count). The maximum Gasteiger partial charge on any atom is 0.339 e. The lowest BCUT2D eigenvalue weighted by Gasteiger charge is -2.45. The van der Waals surface area contributed by atoms with Crippen molar-refractivity contribution in [1.29, 1.82) is 0 Å². The number of hydrogen-bond donors (Lipinski definition) is 1. The van der Waals surface area contributed by atoms with Gasteiger partial charge in [-0.15, -0.1) is 0 Å². The van der Waals surface area contributed by atoms with Gasteiger partial charge in [-0.25, -0.2) is 9.78 Å². The van der Waals surface area contributed by atoms with Crippen LogP contribution in [0.3, 0.4) is 0 Å². The Morgan fingerprint density at radius 2 is 2.00 bits per heavy atom. The summed E-state index contributed by atoms with van der Waals surface area (Å²) in [5.41, 5.74) is -0.606. The van der Waals surface area contributed by atoms with Crippen LogP contribution in [-0.4, -0.2) is 63.3 Å². The molecule has 1 aromatic carbocycles. The molecule has 1 aromatic heterocycles. The fourth-order valence-electron chi connectivity index (χ4n) is 4.09. The number of benzene rings is 1. The number of hydrogen-bond acceptors (Lipinski definition) is 5. The largest absolute Gasteiger partial charge is 0.459 e. The molecule has 7 heteroatoms. The second-order valence-corrected chi connectivity index (χ2v) is 6.94. The summed E-state index contributed by atoms with van der Waals surface area (Å²) in [6.07, 6.45) is 6.89. The van der Waals surface area contributed by atoms with E-state index in [4.69, 9.17) is 4.74 Å². The van der Waals surface area contributed by atoms with Gasteiger partial charge in [0.2, 0.25) is 0 Å². The molecule has 0 spiro atoms. The summed E-state index contributed by atoms with van der Waals surface area (Å²) in [6.45, 7) is 2.58. The molecule has 0 radical (unpaired) electrons. The smallest absolute Gasteiger partial charge is 0.339 e. The van der Waals surface area contributed by atoms with E-state index in [9.17, 15) is 9.90 Å². The van der Waals surface area contributed by atoms with Crippen LogP contribution in [0.4, 0.5) is 0 Å². The zero-order valence-corrected chi connectivity index (χ0v) is 14.6. The summed E-state index contributed by atoms with van der Waals surface area (Å²) in [5.74, 6) is 0.00172. The molecule has 0 saturated carbocycles. The second kappa shape index (κ2) is 7.57. The van der Waals surface area contributed by atoms with Gasteiger partial charge in [-0.05, 0) is 37.4 Å². The fraction of sp³-hybridized carbons (Fsp3) is 0.474. The molecule has 3 fully saturated rings. The Kier molecular flexibility index (Phi) is 5.41. The molecule has 3 saturated heterocycles. The molecule has 0 amide bonds. The molecule has 2 aromatic rings. The van der Waals surface area contributed by atoms with Crippen molar-refractivity contribution in [2.75, 3.05) is 26.2 Å². The van der Waals surface area contributed by atoms with E-state index in [2.05, 4.69) is 9.88 Å². The van der Waals surface area contributed by atoms with Gasteiger partial charge in [0.05, 0.1) is 12.9 Å². The number of imidazole rings is 1. The van der Waals surface area contributed by atoms with Gasteiger partial charge in [0.15, 0.2) is 5.54 Å². The molecule has 26 heavy (non-hydrogen) atoms. The first-order valence-corrected chi connectivity index (χ1v) is 8.82. The van der Waals surface area contributed by atoms with Gasteiger partial charge in [-0.3, -0.25) is 4.90 Å². The Morgan fingerprint density at radius 1 is 1.27 bits per heavy atom. The van der Waals surface area contributed by atoms with Gasteiger partial charge in [-0.1, -0.05) is 30.3 Å². The van der Waals surface area contributed by atoms with Crippen molar-refractivity contribution in [2.45, 2.75) is 24.5 Å². The van der Waals surface area contributed by atoms with Gasteiger partial charge in [-0.2, -0.15) is 0 Å². The molecule has 3 N–H and O–H groups in total.